The lowest BCUT2D eigenvalue weighted by Gasteiger charge is -2.18. The van der Waals surface area contributed by atoms with Crippen LogP contribution in [0.2, 0.25) is 0 Å². The Bertz CT molecular complexity index is 387. The molecule has 0 spiro atoms. The average molecular weight is 218 g/mol. The first kappa shape index (κ1) is 11.0. The molecular weight excluding hydrogens is 200 g/mol. The number of nitrogens with one attached hydrogen (secondary N) is 1. The summed E-state index contributed by atoms with van der Waals surface area (Å²) in [6, 6.07) is 8.35. The van der Waals surface area contributed by atoms with Crippen LogP contribution in [0.15, 0.2) is 29.3 Å². The van der Waals surface area contributed by atoms with Gasteiger partial charge in [-0.1, -0.05) is 18.2 Å². The number of aliphatic imine (C=N–C) groups is 1. The maximum absolute atomic E-state index is 5.35. The van der Waals surface area contributed by atoms with Crippen LogP contribution in [0.4, 0.5) is 0 Å². The van der Waals surface area contributed by atoms with Crippen LogP contribution in [0.3, 0.4) is 0 Å². The van der Waals surface area contributed by atoms with E-state index in [-0.39, 0.29) is 6.04 Å². The minimum Gasteiger partial charge on any atom is -0.496 e. The van der Waals surface area contributed by atoms with E-state index in [0.29, 0.717) is 0 Å². The molecule has 0 bridgehead atoms. The minimum atomic E-state index is 0.244. The molecule has 1 N–H and O–H groups in total. The average Bonchev–Trinajstić information content (AvgIpc) is 2.81. The molecule has 1 aliphatic heterocycles. The predicted octanol–water partition coefficient (Wildman–Crippen LogP) is 2.54. The number of ether oxygens (including phenoxy) is 1. The van der Waals surface area contributed by atoms with Crippen LogP contribution in [-0.2, 0) is 0 Å². The van der Waals surface area contributed by atoms with E-state index < -0.39 is 0 Å². The fourth-order valence-corrected chi connectivity index (χ4v) is 2.01. The molecule has 0 aromatic heterocycles. The molecule has 16 heavy (non-hydrogen) atoms. The fourth-order valence-electron chi connectivity index (χ4n) is 2.01. The van der Waals surface area contributed by atoms with Crippen LogP contribution >= 0.6 is 0 Å². The third kappa shape index (κ3) is 2.35. The monoisotopic (exact) mass is 218 g/mol. The molecule has 0 unspecified atom stereocenters. The lowest BCUT2D eigenvalue weighted by molar-refractivity contribution is 0.405. The third-order valence-corrected chi connectivity index (χ3v) is 2.86. The summed E-state index contributed by atoms with van der Waals surface area (Å²) in [6.07, 6.45) is 2.24. The Kier molecular flexibility index (Phi) is 3.44. The zero-order valence-corrected chi connectivity index (χ0v) is 9.86. The van der Waals surface area contributed by atoms with Gasteiger partial charge in [0.05, 0.1) is 19.0 Å². The van der Waals surface area contributed by atoms with Gasteiger partial charge in [0.2, 0.25) is 0 Å². The lowest BCUT2D eigenvalue weighted by atomic mass is 10.1. The van der Waals surface area contributed by atoms with E-state index >= 15 is 0 Å². The maximum atomic E-state index is 5.35. The first-order valence-corrected chi connectivity index (χ1v) is 5.74. The van der Waals surface area contributed by atoms with Gasteiger partial charge < -0.3 is 10.1 Å². The fraction of sp³-hybridized carbons (Fsp3) is 0.462. The van der Waals surface area contributed by atoms with Crippen LogP contribution in [0.1, 0.15) is 31.4 Å². The van der Waals surface area contributed by atoms with Crippen molar-refractivity contribution in [1.29, 1.82) is 0 Å². The highest BCUT2D eigenvalue weighted by atomic mass is 16.5. The summed E-state index contributed by atoms with van der Waals surface area (Å²) in [4.78, 5) is 4.42. The SMILES string of the molecule is COc1ccccc1[C@@H](C)NC1=NCCC1. The van der Waals surface area contributed by atoms with E-state index in [9.17, 15) is 0 Å². The van der Waals surface area contributed by atoms with Crippen LogP contribution in [-0.4, -0.2) is 19.5 Å². The molecule has 86 valence electrons. The molecule has 0 aliphatic carbocycles. The number of nitrogens with zero attached hydrogens (tertiary/aromatic N) is 1. The summed E-state index contributed by atoms with van der Waals surface area (Å²) in [6.45, 7) is 3.10. The van der Waals surface area contributed by atoms with Crippen molar-refractivity contribution >= 4 is 5.84 Å². The molecule has 0 fully saturated rings. The zero-order chi connectivity index (χ0) is 11.4. The van der Waals surface area contributed by atoms with Gasteiger partial charge in [-0.3, -0.25) is 4.99 Å². The van der Waals surface area contributed by atoms with Crippen molar-refractivity contribution in [3.63, 3.8) is 0 Å². The second-order valence-corrected chi connectivity index (χ2v) is 4.04. The zero-order valence-electron chi connectivity index (χ0n) is 9.86. The van der Waals surface area contributed by atoms with Crippen molar-refractivity contribution in [1.82, 2.24) is 5.32 Å². The predicted molar refractivity (Wildman–Crippen MR) is 66.1 cm³/mol. The molecule has 1 aromatic rings. The Labute approximate surface area is 96.5 Å². The molecule has 3 nitrogen and oxygen atoms in total. The number of rotatable bonds is 3. The van der Waals surface area contributed by atoms with Crippen LogP contribution < -0.4 is 10.1 Å². The number of para-hydroxylation sites is 1. The largest absolute Gasteiger partial charge is 0.496 e. The van der Waals surface area contributed by atoms with Gasteiger partial charge in [0.15, 0.2) is 0 Å². The van der Waals surface area contributed by atoms with E-state index in [1.54, 1.807) is 7.11 Å². The molecule has 0 saturated carbocycles. The molecule has 0 radical (unpaired) electrons. The van der Waals surface area contributed by atoms with Crippen LogP contribution in [0.5, 0.6) is 5.75 Å². The van der Waals surface area contributed by atoms with Gasteiger partial charge in [0.25, 0.3) is 0 Å². The van der Waals surface area contributed by atoms with E-state index in [2.05, 4.69) is 23.3 Å². The molecule has 0 saturated heterocycles. The Hall–Kier alpha value is -1.51. The van der Waals surface area contributed by atoms with Crippen molar-refractivity contribution in [3.8, 4) is 5.75 Å². The summed E-state index contributed by atoms with van der Waals surface area (Å²) in [7, 11) is 1.71. The van der Waals surface area contributed by atoms with Gasteiger partial charge in [0, 0.05) is 18.5 Å². The molecule has 1 atom stereocenters. The summed E-state index contributed by atoms with van der Waals surface area (Å²) >= 11 is 0. The first-order valence-electron chi connectivity index (χ1n) is 5.74. The molecule has 1 heterocycles. The molecule has 2 rings (SSSR count). The van der Waals surface area contributed by atoms with Crippen molar-refractivity contribution in [2.24, 2.45) is 4.99 Å². The van der Waals surface area contributed by atoms with Crippen molar-refractivity contribution in [2.75, 3.05) is 13.7 Å². The van der Waals surface area contributed by atoms with Gasteiger partial charge in [-0.25, -0.2) is 0 Å². The summed E-state index contributed by atoms with van der Waals surface area (Å²) in [5.41, 5.74) is 1.18. The maximum Gasteiger partial charge on any atom is 0.124 e. The highest BCUT2D eigenvalue weighted by Gasteiger charge is 2.13. The molecule has 1 aromatic carbocycles. The number of methoxy groups -OCH3 is 1. The van der Waals surface area contributed by atoms with Gasteiger partial charge in [-0.2, -0.15) is 0 Å². The van der Waals surface area contributed by atoms with E-state index in [4.69, 9.17) is 4.74 Å². The summed E-state index contributed by atoms with van der Waals surface area (Å²) in [5, 5.41) is 3.44. The number of benzene rings is 1. The summed E-state index contributed by atoms with van der Waals surface area (Å²) in [5.74, 6) is 2.06. The van der Waals surface area contributed by atoms with Crippen molar-refractivity contribution in [3.05, 3.63) is 29.8 Å². The number of hydrogen-bond acceptors (Lipinski definition) is 3. The quantitative estimate of drug-likeness (QED) is 0.845. The van der Waals surface area contributed by atoms with E-state index in [0.717, 1.165) is 24.6 Å². The Morgan fingerprint density at radius 3 is 2.88 bits per heavy atom. The lowest BCUT2D eigenvalue weighted by Crippen LogP contribution is -2.25. The van der Waals surface area contributed by atoms with E-state index in [1.807, 2.05) is 18.2 Å². The molecule has 3 heteroatoms. The standard InChI is InChI=1S/C13H18N2O/c1-10(15-13-8-5-9-14-13)11-6-3-4-7-12(11)16-2/h3-4,6-7,10H,5,8-9H2,1-2H3,(H,14,15)/t10-/m1/s1. The topological polar surface area (TPSA) is 33.6 Å². The number of amidine groups is 1. The van der Waals surface area contributed by atoms with Crippen molar-refractivity contribution < 1.29 is 4.74 Å². The van der Waals surface area contributed by atoms with Crippen molar-refractivity contribution in [2.45, 2.75) is 25.8 Å². The number of hydrogen-bond donors (Lipinski definition) is 1. The smallest absolute Gasteiger partial charge is 0.124 e. The van der Waals surface area contributed by atoms with Gasteiger partial charge >= 0.3 is 0 Å². The first-order chi connectivity index (χ1) is 7.81. The highest BCUT2D eigenvalue weighted by Crippen LogP contribution is 2.24. The third-order valence-electron chi connectivity index (χ3n) is 2.86. The normalized spacial score (nSPS) is 16.8. The molecule has 0 amide bonds. The second kappa shape index (κ2) is 5.01. The minimum absolute atomic E-state index is 0.244. The van der Waals surface area contributed by atoms with E-state index in [1.165, 1.54) is 12.0 Å². The Morgan fingerprint density at radius 2 is 2.19 bits per heavy atom. The second-order valence-electron chi connectivity index (χ2n) is 4.04. The highest BCUT2D eigenvalue weighted by molar-refractivity contribution is 5.83. The summed E-state index contributed by atoms with van der Waals surface area (Å²) < 4.78 is 5.35. The van der Waals surface area contributed by atoms with Gasteiger partial charge in [-0.05, 0) is 19.4 Å². The van der Waals surface area contributed by atoms with Crippen LogP contribution in [0.25, 0.3) is 0 Å². The molecule has 1 aliphatic rings. The molecular formula is C13H18N2O. The Morgan fingerprint density at radius 1 is 1.38 bits per heavy atom. The van der Waals surface area contributed by atoms with Crippen LogP contribution in [0, 0.1) is 0 Å². The van der Waals surface area contributed by atoms with Gasteiger partial charge in [-0.15, -0.1) is 0 Å². The Balaban J connectivity index is 2.10. The van der Waals surface area contributed by atoms with Gasteiger partial charge in [0.1, 0.15) is 5.75 Å².